The third-order valence-electron chi connectivity index (χ3n) is 5.48. The number of halogens is 1. The first-order chi connectivity index (χ1) is 14.0. The van der Waals surface area contributed by atoms with Crippen molar-refractivity contribution in [2.45, 2.75) is 45.7 Å². The van der Waals surface area contributed by atoms with Crippen LogP contribution in [-0.2, 0) is 11.3 Å². The van der Waals surface area contributed by atoms with Crippen molar-refractivity contribution in [3.8, 4) is 5.75 Å². The van der Waals surface area contributed by atoms with Crippen LogP contribution in [0.2, 0.25) is 5.02 Å². The topological polar surface area (TPSA) is 32.8 Å². The number of hydrogen-bond acceptors (Lipinski definition) is 3. The molecule has 0 bridgehead atoms. The van der Waals surface area contributed by atoms with E-state index in [0.717, 1.165) is 54.5 Å². The molecule has 0 atom stereocenters. The summed E-state index contributed by atoms with van der Waals surface area (Å²) in [6.45, 7) is 6.95. The van der Waals surface area contributed by atoms with Crippen molar-refractivity contribution in [3.05, 3.63) is 59.1 Å². The SMILES string of the molecule is COc1ccc(N(C(=O)CC(C)C)C2CCN(Cc3ccccc3Cl)CC2)cc1. The maximum Gasteiger partial charge on any atom is 0.227 e. The van der Waals surface area contributed by atoms with Crippen molar-refractivity contribution in [1.82, 2.24) is 4.90 Å². The van der Waals surface area contributed by atoms with E-state index in [-0.39, 0.29) is 11.9 Å². The second-order valence-corrected chi connectivity index (χ2v) is 8.57. The summed E-state index contributed by atoms with van der Waals surface area (Å²) in [5, 5.41) is 0.821. The first-order valence-electron chi connectivity index (χ1n) is 10.4. The number of methoxy groups -OCH3 is 1. The Labute approximate surface area is 179 Å². The Hall–Kier alpha value is -2.04. The number of hydrogen-bond donors (Lipinski definition) is 0. The van der Waals surface area contributed by atoms with Crippen molar-refractivity contribution < 1.29 is 9.53 Å². The molecule has 156 valence electrons. The lowest BCUT2D eigenvalue weighted by atomic mass is 9.99. The highest BCUT2D eigenvalue weighted by molar-refractivity contribution is 6.31. The van der Waals surface area contributed by atoms with Gasteiger partial charge in [0.2, 0.25) is 5.91 Å². The van der Waals surface area contributed by atoms with Crippen LogP contribution in [0.3, 0.4) is 0 Å². The predicted molar refractivity (Wildman–Crippen MR) is 120 cm³/mol. The summed E-state index contributed by atoms with van der Waals surface area (Å²) in [6.07, 6.45) is 2.48. The van der Waals surface area contributed by atoms with Gasteiger partial charge in [0.1, 0.15) is 5.75 Å². The molecule has 1 aliphatic rings. The van der Waals surface area contributed by atoms with Crippen LogP contribution in [0.25, 0.3) is 0 Å². The molecular formula is C24H31ClN2O2. The van der Waals surface area contributed by atoms with Gasteiger partial charge in [-0.2, -0.15) is 0 Å². The number of nitrogens with zero attached hydrogens (tertiary/aromatic N) is 2. The maximum absolute atomic E-state index is 13.1. The van der Waals surface area contributed by atoms with Crippen LogP contribution >= 0.6 is 11.6 Å². The number of ether oxygens (including phenoxy) is 1. The minimum absolute atomic E-state index is 0.203. The van der Waals surface area contributed by atoms with Gasteiger partial charge in [0, 0.05) is 42.8 Å². The molecule has 2 aromatic rings. The van der Waals surface area contributed by atoms with Crippen LogP contribution in [-0.4, -0.2) is 37.0 Å². The first kappa shape index (κ1) is 21.7. The van der Waals surface area contributed by atoms with Gasteiger partial charge in [-0.25, -0.2) is 0 Å². The summed E-state index contributed by atoms with van der Waals surface area (Å²) in [6, 6.07) is 16.1. The lowest BCUT2D eigenvalue weighted by Gasteiger charge is -2.39. The largest absolute Gasteiger partial charge is 0.497 e. The molecule has 0 N–H and O–H groups in total. The van der Waals surface area contributed by atoms with Crippen LogP contribution < -0.4 is 9.64 Å². The Bertz CT molecular complexity index is 799. The molecule has 0 spiro atoms. The van der Waals surface area contributed by atoms with Gasteiger partial charge in [-0.1, -0.05) is 43.6 Å². The fraction of sp³-hybridized carbons (Fsp3) is 0.458. The molecule has 4 nitrogen and oxygen atoms in total. The van der Waals surface area contributed by atoms with Crippen molar-refractivity contribution in [3.63, 3.8) is 0 Å². The summed E-state index contributed by atoms with van der Waals surface area (Å²) in [5.74, 6) is 1.35. The van der Waals surface area contributed by atoms with Crippen molar-refractivity contribution >= 4 is 23.2 Å². The molecule has 0 unspecified atom stereocenters. The van der Waals surface area contributed by atoms with E-state index in [9.17, 15) is 4.79 Å². The van der Waals surface area contributed by atoms with Gasteiger partial charge in [0.15, 0.2) is 0 Å². The average Bonchev–Trinajstić information content (AvgIpc) is 2.71. The number of carbonyl (C=O) groups is 1. The van der Waals surface area contributed by atoms with Crippen molar-refractivity contribution in [2.75, 3.05) is 25.1 Å². The van der Waals surface area contributed by atoms with Gasteiger partial charge in [-0.05, 0) is 54.7 Å². The van der Waals surface area contributed by atoms with E-state index >= 15 is 0 Å². The zero-order valence-corrected chi connectivity index (χ0v) is 18.4. The average molecular weight is 415 g/mol. The fourth-order valence-corrected chi connectivity index (χ4v) is 4.15. The van der Waals surface area contributed by atoms with Crippen LogP contribution in [0.4, 0.5) is 5.69 Å². The maximum atomic E-state index is 13.1. The summed E-state index contributed by atoms with van der Waals surface area (Å²) in [5.41, 5.74) is 2.12. The van der Waals surface area contributed by atoms with Crippen molar-refractivity contribution in [1.29, 1.82) is 0 Å². The standard InChI is InChI=1S/C24H31ClN2O2/c1-18(2)16-24(28)27(20-8-10-22(29-3)11-9-20)21-12-14-26(15-13-21)17-19-6-4-5-7-23(19)25/h4-11,18,21H,12-17H2,1-3H3. The number of rotatable bonds is 7. The summed E-state index contributed by atoms with van der Waals surface area (Å²) in [7, 11) is 1.66. The van der Waals surface area contributed by atoms with Crippen LogP contribution in [0, 0.1) is 5.92 Å². The Morgan fingerprint density at radius 1 is 1.14 bits per heavy atom. The Morgan fingerprint density at radius 2 is 1.79 bits per heavy atom. The number of benzene rings is 2. The highest BCUT2D eigenvalue weighted by Gasteiger charge is 2.29. The molecule has 1 fully saturated rings. The molecule has 5 heteroatoms. The van der Waals surface area contributed by atoms with Crippen LogP contribution in [0.5, 0.6) is 5.75 Å². The monoisotopic (exact) mass is 414 g/mol. The molecule has 1 saturated heterocycles. The lowest BCUT2D eigenvalue weighted by Crippen LogP contribution is -2.47. The minimum Gasteiger partial charge on any atom is -0.497 e. The predicted octanol–water partition coefficient (Wildman–Crippen LogP) is 5.39. The summed E-state index contributed by atoms with van der Waals surface area (Å²) >= 11 is 6.33. The van der Waals surface area contributed by atoms with Crippen molar-refractivity contribution in [2.24, 2.45) is 5.92 Å². The third kappa shape index (κ3) is 5.74. The van der Waals surface area contributed by atoms with E-state index in [1.807, 2.05) is 47.4 Å². The smallest absolute Gasteiger partial charge is 0.227 e. The van der Waals surface area contributed by atoms with Gasteiger partial charge in [0.05, 0.1) is 7.11 Å². The molecule has 2 aromatic carbocycles. The molecule has 0 aromatic heterocycles. The summed E-state index contributed by atoms with van der Waals surface area (Å²) < 4.78 is 5.28. The lowest BCUT2D eigenvalue weighted by molar-refractivity contribution is -0.120. The van der Waals surface area contributed by atoms with E-state index in [4.69, 9.17) is 16.3 Å². The number of piperidine rings is 1. The van der Waals surface area contributed by atoms with Gasteiger partial charge in [0.25, 0.3) is 0 Å². The number of anilines is 1. The normalized spacial score (nSPS) is 15.5. The highest BCUT2D eigenvalue weighted by Crippen LogP contribution is 2.28. The van der Waals surface area contributed by atoms with Crippen LogP contribution in [0.1, 0.15) is 38.7 Å². The molecule has 1 aliphatic heterocycles. The number of carbonyl (C=O) groups excluding carboxylic acids is 1. The van der Waals surface area contributed by atoms with Gasteiger partial charge >= 0.3 is 0 Å². The Kier molecular flexibility index (Phi) is 7.57. The van der Waals surface area contributed by atoms with Gasteiger partial charge in [-0.15, -0.1) is 0 Å². The van der Waals surface area contributed by atoms with Gasteiger partial charge in [-0.3, -0.25) is 9.69 Å². The minimum atomic E-state index is 0.203. The second kappa shape index (κ2) is 10.1. The summed E-state index contributed by atoms with van der Waals surface area (Å²) in [4.78, 5) is 17.5. The Balaban J connectivity index is 1.70. The molecule has 0 radical (unpaired) electrons. The van der Waals surface area contributed by atoms with E-state index in [1.54, 1.807) is 7.11 Å². The zero-order valence-electron chi connectivity index (χ0n) is 17.6. The van der Waals surface area contributed by atoms with E-state index < -0.39 is 0 Å². The molecule has 29 heavy (non-hydrogen) atoms. The molecular weight excluding hydrogens is 384 g/mol. The van der Waals surface area contributed by atoms with E-state index in [2.05, 4.69) is 24.8 Å². The number of amides is 1. The molecule has 1 amide bonds. The third-order valence-corrected chi connectivity index (χ3v) is 5.84. The molecule has 3 rings (SSSR count). The first-order valence-corrected chi connectivity index (χ1v) is 10.8. The molecule has 1 heterocycles. The quantitative estimate of drug-likeness (QED) is 0.608. The Morgan fingerprint density at radius 3 is 2.38 bits per heavy atom. The second-order valence-electron chi connectivity index (χ2n) is 8.16. The highest BCUT2D eigenvalue weighted by atomic mass is 35.5. The molecule has 0 aliphatic carbocycles. The molecule has 0 saturated carbocycles. The van der Waals surface area contributed by atoms with E-state index in [0.29, 0.717) is 12.3 Å². The number of likely N-dealkylation sites (tertiary alicyclic amines) is 1. The fourth-order valence-electron chi connectivity index (χ4n) is 3.95. The van der Waals surface area contributed by atoms with Crippen LogP contribution in [0.15, 0.2) is 48.5 Å². The zero-order chi connectivity index (χ0) is 20.8. The van der Waals surface area contributed by atoms with E-state index in [1.165, 1.54) is 0 Å². The van der Waals surface area contributed by atoms with Gasteiger partial charge < -0.3 is 9.64 Å².